The summed E-state index contributed by atoms with van der Waals surface area (Å²) in [6, 6.07) is 0. The molecular weight excluding hydrogens is 144 g/mol. The Bertz CT molecular complexity index is 146. The second-order valence-electron chi connectivity index (χ2n) is 3.44. The second kappa shape index (κ2) is 2.73. The van der Waals surface area contributed by atoms with Crippen molar-refractivity contribution < 1.29 is 14.6 Å². The molecule has 0 bridgehead atoms. The molecule has 0 spiro atoms. The zero-order chi connectivity index (χ0) is 7.84. The first-order valence-electron chi connectivity index (χ1n) is 4.13. The summed E-state index contributed by atoms with van der Waals surface area (Å²) >= 11 is 0. The third-order valence-corrected chi connectivity index (χ3v) is 2.78. The van der Waals surface area contributed by atoms with Gasteiger partial charge in [-0.05, 0) is 12.8 Å². The highest BCUT2D eigenvalue weighted by Gasteiger charge is 2.44. The minimum absolute atomic E-state index is 0.164. The van der Waals surface area contributed by atoms with Crippen molar-refractivity contribution in [2.45, 2.75) is 31.2 Å². The molecule has 0 aromatic rings. The smallest absolute Gasteiger partial charge is 0.0858 e. The van der Waals surface area contributed by atoms with Crippen molar-refractivity contribution >= 4 is 0 Å². The quantitative estimate of drug-likeness (QED) is 0.591. The molecule has 0 aromatic heterocycles. The first-order chi connectivity index (χ1) is 5.31. The number of aliphatic hydroxyl groups is 1. The van der Waals surface area contributed by atoms with Crippen LogP contribution in [0.5, 0.6) is 0 Å². The maximum Gasteiger partial charge on any atom is 0.0858 e. The maximum atomic E-state index is 9.31. The van der Waals surface area contributed by atoms with Gasteiger partial charge in [0.1, 0.15) is 0 Å². The third-order valence-electron chi connectivity index (χ3n) is 2.78. The Kier molecular flexibility index (Phi) is 1.87. The average Bonchev–Trinajstić information content (AvgIpc) is 2.45. The van der Waals surface area contributed by atoms with Crippen molar-refractivity contribution in [1.82, 2.24) is 0 Å². The zero-order valence-corrected chi connectivity index (χ0v) is 6.69. The van der Waals surface area contributed by atoms with Crippen LogP contribution >= 0.6 is 0 Å². The second-order valence-corrected chi connectivity index (χ2v) is 3.44. The van der Waals surface area contributed by atoms with E-state index in [2.05, 4.69) is 0 Å². The van der Waals surface area contributed by atoms with Crippen LogP contribution in [-0.2, 0) is 9.47 Å². The molecular formula is C8H14O3. The lowest BCUT2D eigenvalue weighted by Crippen LogP contribution is -2.21. The standard InChI is InChI=1S/C8H14O3/c1-10-8-4-11-7-3-5(9)2-6(7)8/h5-9H,2-4H2,1H3/t5-,6?,7-,8?/m1/s1. The van der Waals surface area contributed by atoms with Crippen LogP contribution in [0.15, 0.2) is 0 Å². The van der Waals surface area contributed by atoms with Crippen LogP contribution < -0.4 is 0 Å². The molecule has 1 saturated carbocycles. The Morgan fingerprint density at radius 2 is 2.27 bits per heavy atom. The van der Waals surface area contributed by atoms with E-state index < -0.39 is 0 Å². The Hall–Kier alpha value is -0.120. The fourth-order valence-corrected chi connectivity index (χ4v) is 2.17. The van der Waals surface area contributed by atoms with Gasteiger partial charge < -0.3 is 14.6 Å². The number of methoxy groups -OCH3 is 1. The molecule has 2 aliphatic rings. The molecule has 3 heteroatoms. The molecule has 2 fully saturated rings. The van der Waals surface area contributed by atoms with Gasteiger partial charge in [-0.25, -0.2) is 0 Å². The van der Waals surface area contributed by atoms with Gasteiger partial charge in [-0.2, -0.15) is 0 Å². The Morgan fingerprint density at radius 1 is 1.45 bits per heavy atom. The van der Waals surface area contributed by atoms with Crippen molar-refractivity contribution in [2.24, 2.45) is 5.92 Å². The summed E-state index contributed by atoms with van der Waals surface area (Å²) < 4.78 is 10.7. The normalized spacial score (nSPS) is 49.6. The van der Waals surface area contributed by atoms with Crippen LogP contribution in [0.2, 0.25) is 0 Å². The van der Waals surface area contributed by atoms with Gasteiger partial charge in [0.25, 0.3) is 0 Å². The molecule has 4 atom stereocenters. The zero-order valence-electron chi connectivity index (χ0n) is 6.69. The highest BCUT2D eigenvalue weighted by molar-refractivity contribution is 4.93. The van der Waals surface area contributed by atoms with Gasteiger partial charge in [0.2, 0.25) is 0 Å². The predicted octanol–water partition coefficient (Wildman–Crippen LogP) is 0.171. The van der Waals surface area contributed by atoms with Crippen molar-refractivity contribution in [1.29, 1.82) is 0 Å². The summed E-state index contributed by atoms with van der Waals surface area (Å²) in [6.07, 6.45) is 1.96. The minimum atomic E-state index is -0.164. The van der Waals surface area contributed by atoms with Crippen LogP contribution in [0.25, 0.3) is 0 Å². The summed E-state index contributed by atoms with van der Waals surface area (Å²) in [5.41, 5.74) is 0. The molecule has 11 heavy (non-hydrogen) atoms. The van der Waals surface area contributed by atoms with Crippen molar-refractivity contribution in [3.63, 3.8) is 0 Å². The van der Waals surface area contributed by atoms with Crippen molar-refractivity contribution in [2.75, 3.05) is 13.7 Å². The van der Waals surface area contributed by atoms with Crippen molar-refractivity contribution in [3.8, 4) is 0 Å². The van der Waals surface area contributed by atoms with E-state index >= 15 is 0 Å². The van der Waals surface area contributed by atoms with Gasteiger partial charge in [-0.15, -0.1) is 0 Å². The third kappa shape index (κ3) is 1.17. The molecule has 0 amide bonds. The highest BCUT2D eigenvalue weighted by Crippen LogP contribution is 2.37. The molecule has 2 unspecified atom stereocenters. The van der Waals surface area contributed by atoms with E-state index in [0.717, 1.165) is 12.8 Å². The largest absolute Gasteiger partial charge is 0.393 e. The number of ether oxygens (including phenoxy) is 2. The fourth-order valence-electron chi connectivity index (χ4n) is 2.17. The lowest BCUT2D eigenvalue weighted by molar-refractivity contribution is 0.0401. The molecule has 64 valence electrons. The number of fused-ring (bicyclic) bond motifs is 1. The van der Waals surface area contributed by atoms with Crippen LogP contribution in [0, 0.1) is 5.92 Å². The van der Waals surface area contributed by atoms with Gasteiger partial charge in [-0.1, -0.05) is 0 Å². The molecule has 1 heterocycles. The van der Waals surface area contributed by atoms with E-state index in [9.17, 15) is 5.11 Å². The van der Waals surface area contributed by atoms with Gasteiger partial charge in [0.15, 0.2) is 0 Å². The first-order valence-corrected chi connectivity index (χ1v) is 4.13. The van der Waals surface area contributed by atoms with E-state index in [1.54, 1.807) is 7.11 Å². The monoisotopic (exact) mass is 158 g/mol. The number of aliphatic hydroxyl groups excluding tert-OH is 1. The van der Waals surface area contributed by atoms with Crippen LogP contribution in [0.1, 0.15) is 12.8 Å². The minimum Gasteiger partial charge on any atom is -0.393 e. The summed E-state index contributed by atoms with van der Waals surface area (Å²) in [7, 11) is 1.71. The Morgan fingerprint density at radius 3 is 3.00 bits per heavy atom. The van der Waals surface area contributed by atoms with E-state index in [1.165, 1.54) is 0 Å². The number of hydrogen-bond acceptors (Lipinski definition) is 3. The predicted molar refractivity (Wildman–Crippen MR) is 39.3 cm³/mol. The lowest BCUT2D eigenvalue weighted by atomic mass is 10.0. The first kappa shape index (κ1) is 7.53. The number of rotatable bonds is 1. The topological polar surface area (TPSA) is 38.7 Å². The van der Waals surface area contributed by atoms with E-state index in [1.807, 2.05) is 0 Å². The summed E-state index contributed by atoms with van der Waals surface area (Å²) in [4.78, 5) is 0. The van der Waals surface area contributed by atoms with Gasteiger partial charge >= 0.3 is 0 Å². The molecule has 0 aromatic carbocycles. The summed E-state index contributed by atoms with van der Waals surface area (Å²) in [5, 5.41) is 9.31. The van der Waals surface area contributed by atoms with Crippen LogP contribution in [0.4, 0.5) is 0 Å². The molecule has 3 nitrogen and oxygen atoms in total. The molecule has 1 aliphatic heterocycles. The van der Waals surface area contributed by atoms with Crippen molar-refractivity contribution in [3.05, 3.63) is 0 Å². The van der Waals surface area contributed by atoms with Crippen LogP contribution in [0.3, 0.4) is 0 Å². The molecule has 2 rings (SSSR count). The van der Waals surface area contributed by atoms with Gasteiger partial charge in [0, 0.05) is 13.0 Å². The lowest BCUT2D eigenvalue weighted by Gasteiger charge is -2.13. The SMILES string of the molecule is COC1CO[C@@H]2C[C@H](O)CC12. The summed E-state index contributed by atoms with van der Waals surface area (Å²) in [6.45, 7) is 0.707. The molecule has 1 N–H and O–H groups in total. The number of hydrogen-bond donors (Lipinski definition) is 1. The van der Waals surface area contributed by atoms with Crippen LogP contribution in [-0.4, -0.2) is 37.1 Å². The molecule has 1 aliphatic carbocycles. The Labute approximate surface area is 66.3 Å². The summed E-state index contributed by atoms with van der Waals surface area (Å²) in [5.74, 6) is 0.440. The van der Waals surface area contributed by atoms with E-state index in [4.69, 9.17) is 9.47 Å². The van der Waals surface area contributed by atoms with Gasteiger partial charge in [0.05, 0.1) is 24.9 Å². The van der Waals surface area contributed by atoms with E-state index in [0.29, 0.717) is 12.5 Å². The maximum absolute atomic E-state index is 9.31. The fraction of sp³-hybridized carbons (Fsp3) is 1.00. The molecule has 1 saturated heterocycles. The van der Waals surface area contributed by atoms with E-state index in [-0.39, 0.29) is 18.3 Å². The van der Waals surface area contributed by atoms with Gasteiger partial charge in [-0.3, -0.25) is 0 Å². The average molecular weight is 158 g/mol. The Balaban J connectivity index is 2.01. The highest BCUT2D eigenvalue weighted by atomic mass is 16.5. The molecule has 0 radical (unpaired) electrons.